The van der Waals surface area contributed by atoms with Crippen molar-refractivity contribution in [2.24, 2.45) is 0 Å². The average molecular weight is 296 g/mol. The molecule has 0 aliphatic carbocycles. The number of hydrogen-bond donors (Lipinski definition) is 0. The number of rotatable bonds is 8. The third-order valence-corrected chi connectivity index (χ3v) is 2.56. The Bertz CT molecular complexity index is 462. The monoisotopic (exact) mass is 296 g/mol. The van der Waals surface area contributed by atoms with Crippen LogP contribution in [0.25, 0.3) is 0 Å². The van der Waals surface area contributed by atoms with Crippen LogP contribution in [0.2, 0.25) is 0 Å². The van der Waals surface area contributed by atoms with Gasteiger partial charge in [0.15, 0.2) is 0 Å². The van der Waals surface area contributed by atoms with E-state index in [1.807, 2.05) is 27.7 Å². The summed E-state index contributed by atoms with van der Waals surface area (Å²) >= 11 is 0. The highest BCUT2D eigenvalue weighted by atomic mass is 16.7. The summed E-state index contributed by atoms with van der Waals surface area (Å²) in [5, 5.41) is 1.12. The fraction of sp³-hybridized carbons (Fsp3) is 0.600. The molecule has 0 atom stereocenters. The summed E-state index contributed by atoms with van der Waals surface area (Å²) in [5.74, 6) is 0.162. The van der Waals surface area contributed by atoms with E-state index in [9.17, 15) is 9.59 Å². The summed E-state index contributed by atoms with van der Waals surface area (Å²) < 4.78 is 6.74. The Balaban J connectivity index is 2.71. The van der Waals surface area contributed by atoms with Crippen molar-refractivity contribution in [1.29, 1.82) is 0 Å². The van der Waals surface area contributed by atoms with Gasteiger partial charge in [0.1, 0.15) is 12.4 Å². The van der Waals surface area contributed by atoms with Crippen molar-refractivity contribution in [1.82, 2.24) is 4.57 Å². The lowest BCUT2D eigenvalue weighted by Gasteiger charge is -2.27. The maximum absolute atomic E-state index is 11.7. The maximum Gasteiger partial charge on any atom is 0.326 e. The van der Waals surface area contributed by atoms with Crippen LogP contribution in [0.1, 0.15) is 40.5 Å². The van der Waals surface area contributed by atoms with E-state index < -0.39 is 5.60 Å². The molecule has 0 saturated heterocycles. The second-order valence-electron chi connectivity index (χ2n) is 5.70. The molecular weight excluding hydrogens is 272 g/mol. The first-order chi connectivity index (χ1) is 9.87. The molecule has 21 heavy (non-hydrogen) atoms. The number of carbonyl (C=O) groups is 2. The minimum absolute atomic E-state index is 0.0455. The molecule has 6 heteroatoms. The number of hydrogen-bond acceptors (Lipinski definition) is 4. The highest BCUT2D eigenvalue weighted by molar-refractivity contribution is 5.73. The van der Waals surface area contributed by atoms with E-state index in [1.165, 1.54) is 0 Å². The molecule has 0 bridgehead atoms. The second kappa shape index (κ2) is 7.83. The molecular formula is C15H24N2O4. The molecule has 1 aromatic heterocycles. The molecule has 0 spiro atoms. The van der Waals surface area contributed by atoms with Gasteiger partial charge in [-0.25, -0.2) is 0 Å². The van der Waals surface area contributed by atoms with Crippen LogP contribution < -0.4 is 5.06 Å². The van der Waals surface area contributed by atoms with Gasteiger partial charge in [0, 0.05) is 6.20 Å². The van der Waals surface area contributed by atoms with E-state index in [1.54, 1.807) is 22.9 Å². The van der Waals surface area contributed by atoms with Crippen LogP contribution in [0.15, 0.2) is 18.3 Å². The van der Waals surface area contributed by atoms with Crippen molar-refractivity contribution in [2.75, 3.05) is 11.7 Å². The summed E-state index contributed by atoms with van der Waals surface area (Å²) in [7, 11) is 0. The molecule has 0 unspecified atom stereocenters. The van der Waals surface area contributed by atoms with Crippen LogP contribution >= 0.6 is 0 Å². The third kappa shape index (κ3) is 5.99. The summed E-state index contributed by atoms with van der Waals surface area (Å²) in [6.07, 6.45) is 4.11. The first-order valence-electron chi connectivity index (χ1n) is 7.12. The molecule has 1 rings (SSSR count). The number of unbranched alkanes of at least 4 members (excludes halogenated alkanes) is 1. The highest BCUT2D eigenvalue weighted by Gasteiger charge is 2.20. The van der Waals surface area contributed by atoms with Gasteiger partial charge in [0.25, 0.3) is 0 Å². The van der Waals surface area contributed by atoms with E-state index in [0.717, 1.165) is 17.9 Å². The second-order valence-corrected chi connectivity index (χ2v) is 5.70. The molecule has 118 valence electrons. The molecule has 0 saturated carbocycles. The van der Waals surface area contributed by atoms with Crippen molar-refractivity contribution >= 4 is 18.2 Å². The molecule has 0 radical (unpaired) electrons. The molecule has 0 aliphatic rings. The van der Waals surface area contributed by atoms with Crippen LogP contribution in [0.5, 0.6) is 0 Å². The van der Waals surface area contributed by atoms with Crippen molar-refractivity contribution < 1.29 is 19.2 Å². The van der Waals surface area contributed by atoms with E-state index in [-0.39, 0.29) is 12.5 Å². The SMILES string of the molecule is CCCCOC(=O)Cn1cccc1N(C=O)OC(C)(C)C. The lowest BCUT2D eigenvalue weighted by Crippen LogP contribution is -2.34. The molecule has 0 N–H and O–H groups in total. The van der Waals surface area contributed by atoms with Gasteiger partial charge in [-0.15, -0.1) is 0 Å². The number of nitrogens with zero attached hydrogens (tertiary/aromatic N) is 2. The van der Waals surface area contributed by atoms with Crippen LogP contribution in [0.3, 0.4) is 0 Å². The number of anilines is 1. The zero-order valence-electron chi connectivity index (χ0n) is 13.2. The van der Waals surface area contributed by atoms with Gasteiger partial charge >= 0.3 is 5.97 Å². The lowest BCUT2D eigenvalue weighted by atomic mass is 10.2. The Morgan fingerprint density at radius 2 is 2.14 bits per heavy atom. The van der Waals surface area contributed by atoms with Crippen molar-refractivity contribution in [3.8, 4) is 0 Å². The molecule has 1 aromatic rings. The van der Waals surface area contributed by atoms with E-state index in [4.69, 9.17) is 9.57 Å². The predicted molar refractivity (Wildman–Crippen MR) is 79.7 cm³/mol. The number of amides is 1. The van der Waals surface area contributed by atoms with Crippen molar-refractivity contribution in [2.45, 2.75) is 52.7 Å². The minimum atomic E-state index is -0.516. The van der Waals surface area contributed by atoms with Gasteiger partial charge in [-0.3, -0.25) is 14.4 Å². The van der Waals surface area contributed by atoms with Gasteiger partial charge in [-0.05, 0) is 39.3 Å². The van der Waals surface area contributed by atoms with Crippen LogP contribution in [-0.4, -0.2) is 29.2 Å². The first kappa shape index (κ1) is 17.2. The van der Waals surface area contributed by atoms with Crippen molar-refractivity contribution in [3.05, 3.63) is 18.3 Å². The zero-order chi connectivity index (χ0) is 15.9. The Morgan fingerprint density at radius 1 is 1.43 bits per heavy atom. The van der Waals surface area contributed by atoms with Gasteiger partial charge in [0.2, 0.25) is 6.41 Å². The summed E-state index contributed by atoms with van der Waals surface area (Å²) in [4.78, 5) is 28.5. The molecule has 0 aromatic carbocycles. The van der Waals surface area contributed by atoms with E-state index in [2.05, 4.69) is 0 Å². The number of hydroxylamine groups is 1. The van der Waals surface area contributed by atoms with E-state index in [0.29, 0.717) is 18.8 Å². The smallest absolute Gasteiger partial charge is 0.326 e. The lowest BCUT2D eigenvalue weighted by molar-refractivity contribution is -0.144. The topological polar surface area (TPSA) is 60.8 Å². The van der Waals surface area contributed by atoms with Gasteiger partial charge < -0.3 is 9.30 Å². The zero-order valence-corrected chi connectivity index (χ0v) is 13.2. The quantitative estimate of drug-likeness (QED) is 0.320. The summed E-state index contributed by atoms with van der Waals surface area (Å²) in [6, 6.07) is 3.45. The first-order valence-corrected chi connectivity index (χ1v) is 7.12. The standard InChI is InChI=1S/C15H24N2O4/c1-5-6-10-20-14(19)11-16-9-7-8-13(16)17(12-18)21-15(2,3)4/h7-9,12H,5-6,10-11H2,1-4H3. The number of aromatic nitrogens is 1. The van der Waals surface area contributed by atoms with Crippen LogP contribution in [-0.2, 0) is 25.7 Å². The summed E-state index contributed by atoms with van der Waals surface area (Å²) in [6.45, 7) is 8.02. The maximum atomic E-state index is 11.7. The Kier molecular flexibility index (Phi) is 6.42. The number of esters is 1. The van der Waals surface area contributed by atoms with Crippen LogP contribution in [0.4, 0.5) is 5.82 Å². The Labute approximate surface area is 125 Å². The van der Waals surface area contributed by atoms with E-state index >= 15 is 0 Å². The fourth-order valence-corrected chi connectivity index (χ4v) is 1.67. The molecule has 1 heterocycles. The molecule has 6 nitrogen and oxygen atoms in total. The minimum Gasteiger partial charge on any atom is -0.464 e. The highest BCUT2D eigenvalue weighted by Crippen LogP contribution is 2.19. The Morgan fingerprint density at radius 3 is 2.71 bits per heavy atom. The van der Waals surface area contributed by atoms with Gasteiger partial charge in [-0.1, -0.05) is 13.3 Å². The predicted octanol–water partition coefficient (Wildman–Crippen LogP) is 2.52. The van der Waals surface area contributed by atoms with Gasteiger partial charge in [0.05, 0.1) is 12.2 Å². The third-order valence-electron chi connectivity index (χ3n) is 2.56. The summed E-state index contributed by atoms with van der Waals surface area (Å²) in [5.41, 5.74) is -0.516. The van der Waals surface area contributed by atoms with Gasteiger partial charge in [-0.2, -0.15) is 5.06 Å². The Hall–Kier alpha value is -1.82. The largest absolute Gasteiger partial charge is 0.464 e. The number of carbonyl (C=O) groups excluding carboxylic acids is 2. The molecule has 0 fully saturated rings. The van der Waals surface area contributed by atoms with Crippen molar-refractivity contribution in [3.63, 3.8) is 0 Å². The normalized spacial score (nSPS) is 11.2. The van der Waals surface area contributed by atoms with Crippen LogP contribution in [0, 0.1) is 0 Å². The molecule has 0 aliphatic heterocycles. The fourth-order valence-electron chi connectivity index (χ4n) is 1.67. The molecule has 1 amide bonds. The average Bonchev–Trinajstić information content (AvgIpc) is 2.83. The number of ether oxygens (including phenoxy) is 1.